The second-order valence-electron chi connectivity index (χ2n) is 6.46. The number of thiazole rings is 1. The van der Waals surface area contributed by atoms with Crippen molar-refractivity contribution in [3.8, 4) is 0 Å². The van der Waals surface area contributed by atoms with Crippen molar-refractivity contribution in [2.24, 2.45) is 5.92 Å². The van der Waals surface area contributed by atoms with Crippen LogP contribution in [0.25, 0.3) is 10.2 Å². The molecule has 0 radical (unpaired) electrons. The van der Waals surface area contributed by atoms with E-state index in [0.29, 0.717) is 24.8 Å². The van der Waals surface area contributed by atoms with Crippen molar-refractivity contribution in [1.29, 1.82) is 0 Å². The number of para-hydroxylation sites is 1. The zero-order chi connectivity index (χ0) is 20.8. The fourth-order valence-electron chi connectivity index (χ4n) is 3.11. The van der Waals surface area contributed by atoms with Crippen LogP contribution in [-0.2, 0) is 20.9 Å². The number of carbonyl (C=O) groups excluding carboxylic acids is 2. The maximum Gasteiger partial charge on any atom is 0.290 e. The first-order valence-electron chi connectivity index (χ1n) is 9.03. The van der Waals surface area contributed by atoms with Crippen molar-refractivity contribution in [3.05, 3.63) is 42.2 Å². The number of aryl methyl sites for hydroxylation is 1. The van der Waals surface area contributed by atoms with Gasteiger partial charge in [-0.2, -0.15) is 5.10 Å². The van der Waals surface area contributed by atoms with Crippen LogP contribution in [0.1, 0.15) is 12.1 Å². The minimum atomic E-state index is -0.340. The van der Waals surface area contributed by atoms with Gasteiger partial charge in [0.2, 0.25) is 11.8 Å². The maximum absolute atomic E-state index is 12.4. The first-order chi connectivity index (χ1) is 14.0. The molecular weight excluding hydrogens is 394 g/mol. The normalized spacial score (nSPS) is 15.8. The Labute approximate surface area is 171 Å². The minimum Gasteiger partial charge on any atom is -0.483 e. The predicted octanol–water partition coefficient (Wildman–Crippen LogP) is 1.67. The molecule has 1 aliphatic heterocycles. The van der Waals surface area contributed by atoms with Gasteiger partial charge in [0.25, 0.3) is 6.47 Å². The Kier molecular flexibility index (Phi) is 6.55. The minimum absolute atomic E-state index is 0.0490. The average Bonchev–Trinajstić information content (AvgIpc) is 3.40. The number of anilines is 1. The van der Waals surface area contributed by atoms with Crippen molar-refractivity contribution >= 4 is 45.0 Å². The Bertz CT molecular complexity index is 982. The Morgan fingerprint density at radius 3 is 2.83 bits per heavy atom. The lowest BCUT2D eigenvalue weighted by Crippen LogP contribution is -2.35. The van der Waals surface area contributed by atoms with Crippen LogP contribution in [0.3, 0.4) is 0 Å². The number of carboxylic acid groups (broad SMARTS) is 1. The fourth-order valence-corrected chi connectivity index (χ4v) is 4.10. The number of aromatic nitrogens is 3. The molecule has 10 heteroatoms. The van der Waals surface area contributed by atoms with Crippen molar-refractivity contribution in [2.75, 3.05) is 18.0 Å². The highest BCUT2D eigenvalue weighted by Gasteiger charge is 2.36. The number of carbonyl (C=O) groups is 3. The van der Waals surface area contributed by atoms with Crippen LogP contribution < -0.4 is 10.2 Å². The summed E-state index contributed by atoms with van der Waals surface area (Å²) < 4.78 is 2.88. The van der Waals surface area contributed by atoms with Crippen LogP contribution in [0, 0.1) is 12.8 Å². The Morgan fingerprint density at radius 1 is 1.38 bits per heavy atom. The Morgan fingerprint density at radius 2 is 2.14 bits per heavy atom. The maximum atomic E-state index is 12.4. The summed E-state index contributed by atoms with van der Waals surface area (Å²) >= 11 is 1.48. The molecule has 1 unspecified atom stereocenters. The lowest BCUT2D eigenvalue weighted by Gasteiger charge is -2.13. The van der Waals surface area contributed by atoms with Gasteiger partial charge in [0, 0.05) is 31.4 Å². The molecule has 0 spiro atoms. The molecule has 4 rings (SSSR count). The average molecular weight is 415 g/mol. The molecule has 152 valence electrons. The SMILES string of the molecule is Cc1ccnn1CCNC(=O)C1CC(=O)N(c2nc3ccccc3s2)C1.O=CO. The molecule has 0 bridgehead atoms. The highest BCUT2D eigenvalue weighted by atomic mass is 32.1. The number of hydrogen-bond donors (Lipinski definition) is 2. The molecule has 3 heterocycles. The second-order valence-corrected chi connectivity index (χ2v) is 7.47. The number of nitrogens with zero attached hydrogens (tertiary/aromatic N) is 4. The van der Waals surface area contributed by atoms with E-state index >= 15 is 0 Å². The molecule has 1 aliphatic rings. The number of fused-ring (bicyclic) bond motifs is 1. The molecule has 2 amide bonds. The molecule has 2 N–H and O–H groups in total. The molecule has 1 aromatic carbocycles. The lowest BCUT2D eigenvalue weighted by molar-refractivity contribution is -0.126. The van der Waals surface area contributed by atoms with Crippen molar-refractivity contribution in [2.45, 2.75) is 19.9 Å². The summed E-state index contributed by atoms with van der Waals surface area (Å²) in [6, 6.07) is 9.71. The van der Waals surface area contributed by atoms with Crippen molar-refractivity contribution in [1.82, 2.24) is 20.1 Å². The van der Waals surface area contributed by atoms with Crippen LogP contribution in [0.15, 0.2) is 36.5 Å². The number of hydrogen-bond acceptors (Lipinski definition) is 6. The van der Waals surface area contributed by atoms with E-state index in [0.717, 1.165) is 15.9 Å². The Hall–Kier alpha value is -3.27. The van der Waals surface area contributed by atoms with Crippen LogP contribution in [0.4, 0.5) is 5.13 Å². The summed E-state index contributed by atoms with van der Waals surface area (Å²) in [4.78, 5) is 39.3. The van der Waals surface area contributed by atoms with E-state index in [1.54, 1.807) is 11.1 Å². The topological polar surface area (TPSA) is 117 Å². The molecule has 0 saturated carbocycles. The van der Waals surface area contributed by atoms with Gasteiger partial charge >= 0.3 is 0 Å². The first kappa shape index (κ1) is 20.5. The third-order valence-corrected chi connectivity index (χ3v) is 5.62. The van der Waals surface area contributed by atoms with Gasteiger partial charge in [-0.15, -0.1) is 0 Å². The van der Waals surface area contributed by atoms with Gasteiger partial charge in [0.1, 0.15) is 0 Å². The molecule has 29 heavy (non-hydrogen) atoms. The zero-order valence-electron chi connectivity index (χ0n) is 15.8. The smallest absolute Gasteiger partial charge is 0.290 e. The third-order valence-electron chi connectivity index (χ3n) is 4.56. The summed E-state index contributed by atoms with van der Waals surface area (Å²) in [5.41, 5.74) is 1.93. The van der Waals surface area contributed by atoms with Crippen LogP contribution in [0.5, 0.6) is 0 Å². The predicted molar refractivity (Wildman–Crippen MR) is 109 cm³/mol. The van der Waals surface area contributed by atoms with Gasteiger partial charge in [0.15, 0.2) is 5.13 Å². The van der Waals surface area contributed by atoms with Gasteiger partial charge in [-0.25, -0.2) is 4.98 Å². The van der Waals surface area contributed by atoms with E-state index in [9.17, 15) is 9.59 Å². The Balaban J connectivity index is 0.000000755. The summed E-state index contributed by atoms with van der Waals surface area (Å²) in [6.07, 6.45) is 1.96. The molecule has 9 nitrogen and oxygen atoms in total. The monoisotopic (exact) mass is 415 g/mol. The largest absolute Gasteiger partial charge is 0.483 e. The second kappa shape index (κ2) is 9.28. The van der Waals surface area contributed by atoms with Crippen LogP contribution in [0.2, 0.25) is 0 Å². The number of amides is 2. The van der Waals surface area contributed by atoms with E-state index in [1.165, 1.54) is 11.3 Å². The molecule has 0 aliphatic carbocycles. The molecule has 2 aromatic heterocycles. The lowest BCUT2D eigenvalue weighted by atomic mass is 10.1. The summed E-state index contributed by atoms with van der Waals surface area (Å²) in [5.74, 6) is -0.480. The molecule has 1 saturated heterocycles. The summed E-state index contributed by atoms with van der Waals surface area (Å²) in [6.45, 7) is 3.21. The van der Waals surface area contributed by atoms with Gasteiger partial charge in [0.05, 0.1) is 22.7 Å². The van der Waals surface area contributed by atoms with E-state index in [2.05, 4.69) is 15.4 Å². The molecular formula is C19H21N5O4S. The quantitative estimate of drug-likeness (QED) is 0.612. The fraction of sp³-hybridized carbons (Fsp3) is 0.316. The van der Waals surface area contributed by atoms with Crippen LogP contribution >= 0.6 is 11.3 Å². The van der Waals surface area contributed by atoms with E-state index < -0.39 is 0 Å². The van der Waals surface area contributed by atoms with Gasteiger partial charge in [-0.1, -0.05) is 23.5 Å². The third kappa shape index (κ3) is 4.77. The van der Waals surface area contributed by atoms with E-state index in [-0.39, 0.29) is 30.6 Å². The highest BCUT2D eigenvalue weighted by Crippen LogP contribution is 2.32. The highest BCUT2D eigenvalue weighted by molar-refractivity contribution is 7.22. The molecule has 1 fully saturated rings. The number of benzene rings is 1. The van der Waals surface area contributed by atoms with Gasteiger partial charge in [-0.05, 0) is 25.1 Å². The van der Waals surface area contributed by atoms with E-state index in [4.69, 9.17) is 9.90 Å². The van der Waals surface area contributed by atoms with Gasteiger partial charge < -0.3 is 10.4 Å². The van der Waals surface area contributed by atoms with Crippen molar-refractivity contribution < 1.29 is 19.5 Å². The summed E-state index contributed by atoms with van der Waals surface area (Å²) in [5, 5.41) is 14.7. The molecule has 3 aromatic rings. The van der Waals surface area contributed by atoms with Crippen molar-refractivity contribution in [3.63, 3.8) is 0 Å². The number of rotatable bonds is 5. The number of nitrogens with one attached hydrogen (secondary N) is 1. The van der Waals surface area contributed by atoms with Crippen LogP contribution in [-0.4, -0.2) is 51.2 Å². The standard InChI is InChI=1S/C18H19N5O2S.CH2O2/c1-12-6-7-20-23(12)9-8-19-17(25)13-10-16(24)22(11-13)18-21-14-4-2-3-5-15(14)26-18;2-1-3/h2-7,13H,8-11H2,1H3,(H,19,25);1H,(H,2,3). The first-order valence-corrected chi connectivity index (χ1v) is 9.85. The van der Waals surface area contributed by atoms with Gasteiger partial charge in [-0.3, -0.25) is 24.0 Å². The van der Waals surface area contributed by atoms with E-state index in [1.807, 2.05) is 41.9 Å². The summed E-state index contributed by atoms with van der Waals surface area (Å²) in [7, 11) is 0. The zero-order valence-corrected chi connectivity index (χ0v) is 16.6. The molecule has 1 atom stereocenters.